The van der Waals surface area contributed by atoms with Gasteiger partial charge in [0.15, 0.2) is 0 Å². The molecule has 3 N–H and O–H groups in total. The molecular weight excluding hydrogens is 1160 g/mol. The van der Waals surface area contributed by atoms with E-state index in [4.69, 9.17) is 4.74 Å². The first-order chi connectivity index (χ1) is 47.0. The first kappa shape index (κ1) is 93.6. The molecule has 1 amide bonds. The molecule has 0 aromatic carbocycles. The van der Waals surface area contributed by atoms with Crippen molar-refractivity contribution in [2.24, 2.45) is 0 Å². The van der Waals surface area contributed by atoms with E-state index in [1.54, 1.807) is 0 Å². The maximum Gasteiger partial charge on any atom is 0.305 e. The van der Waals surface area contributed by atoms with Gasteiger partial charge in [-0.15, -0.1) is 0 Å². The number of unbranched alkanes of at least 4 members (excludes halogenated alkanes) is 72. The van der Waals surface area contributed by atoms with E-state index in [9.17, 15) is 19.8 Å². The zero-order valence-corrected chi connectivity index (χ0v) is 65.2. The Kier molecular flexibility index (Phi) is 83.8. The normalized spacial score (nSPS) is 12.4. The molecule has 2 unspecified atom stereocenters. The van der Waals surface area contributed by atoms with Crippen molar-refractivity contribution in [3.63, 3.8) is 0 Å². The number of esters is 1. The second-order valence-electron chi connectivity index (χ2n) is 30.9. The van der Waals surface area contributed by atoms with E-state index >= 15 is 0 Å². The van der Waals surface area contributed by atoms with Crippen molar-refractivity contribution in [1.29, 1.82) is 0 Å². The lowest BCUT2D eigenvalue weighted by molar-refractivity contribution is -0.143. The van der Waals surface area contributed by atoms with Crippen LogP contribution < -0.4 is 5.32 Å². The molecule has 6 nitrogen and oxygen atoms in total. The molecule has 6 heteroatoms. The fourth-order valence-corrected chi connectivity index (χ4v) is 14.6. The van der Waals surface area contributed by atoms with Gasteiger partial charge in [0, 0.05) is 12.8 Å². The van der Waals surface area contributed by atoms with Gasteiger partial charge in [0.1, 0.15) is 0 Å². The Morgan fingerprint density at radius 3 is 0.747 bits per heavy atom. The van der Waals surface area contributed by atoms with E-state index in [1.165, 1.54) is 449 Å². The molecule has 0 aliphatic carbocycles. The average Bonchev–Trinajstić information content (AvgIpc) is 2.99. The topological polar surface area (TPSA) is 95.9 Å². The molecule has 0 radical (unpaired) electrons. The summed E-state index contributed by atoms with van der Waals surface area (Å²) in [5, 5.41) is 23.5. The first-order valence-electron chi connectivity index (χ1n) is 44.4. The van der Waals surface area contributed by atoms with Crippen molar-refractivity contribution in [3.05, 3.63) is 12.2 Å². The summed E-state index contributed by atoms with van der Waals surface area (Å²) in [7, 11) is 0. The Balaban J connectivity index is 3.29. The number of allylic oxidation sites excluding steroid dienone is 2. The Hall–Kier alpha value is -1.40. The minimum Gasteiger partial charge on any atom is -0.466 e. The minimum absolute atomic E-state index is 0.0226. The van der Waals surface area contributed by atoms with Gasteiger partial charge in [-0.25, -0.2) is 0 Å². The fraction of sp³-hybridized carbons (Fsp3) is 0.955. The molecule has 0 aromatic heterocycles. The van der Waals surface area contributed by atoms with Gasteiger partial charge in [0.25, 0.3) is 0 Å². The van der Waals surface area contributed by atoms with Crippen molar-refractivity contribution in [2.75, 3.05) is 13.2 Å². The van der Waals surface area contributed by atoms with Crippen molar-refractivity contribution >= 4 is 11.9 Å². The third-order valence-electron chi connectivity index (χ3n) is 21.3. The van der Waals surface area contributed by atoms with Crippen LogP contribution in [0.25, 0.3) is 0 Å². The van der Waals surface area contributed by atoms with E-state index in [-0.39, 0.29) is 18.5 Å². The van der Waals surface area contributed by atoms with Gasteiger partial charge < -0.3 is 20.3 Å². The summed E-state index contributed by atoms with van der Waals surface area (Å²) in [6, 6.07) is -0.537. The smallest absolute Gasteiger partial charge is 0.305 e. The van der Waals surface area contributed by atoms with Crippen LogP contribution in [0.4, 0.5) is 0 Å². The highest BCUT2D eigenvalue weighted by molar-refractivity contribution is 5.76. The maximum absolute atomic E-state index is 12.6. The van der Waals surface area contributed by atoms with E-state index in [2.05, 4.69) is 31.3 Å². The third-order valence-corrected chi connectivity index (χ3v) is 21.3. The van der Waals surface area contributed by atoms with Crippen LogP contribution in [0.15, 0.2) is 12.2 Å². The highest BCUT2D eigenvalue weighted by Crippen LogP contribution is 2.21. The van der Waals surface area contributed by atoms with Crippen LogP contribution in [-0.2, 0) is 14.3 Å². The molecule has 566 valence electrons. The zero-order chi connectivity index (χ0) is 68.4. The Morgan fingerprint density at radius 2 is 0.495 bits per heavy atom. The second-order valence-corrected chi connectivity index (χ2v) is 30.9. The number of amides is 1. The predicted octanol–water partition coefficient (Wildman–Crippen LogP) is 29.8. The number of aliphatic hydroxyl groups is 2. The number of aliphatic hydroxyl groups excluding tert-OH is 2. The molecule has 0 bridgehead atoms. The van der Waals surface area contributed by atoms with Gasteiger partial charge in [0.05, 0.1) is 25.4 Å². The van der Waals surface area contributed by atoms with E-state index in [1.807, 2.05) is 0 Å². The van der Waals surface area contributed by atoms with Crippen LogP contribution in [0.2, 0.25) is 0 Å². The van der Waals surface area contributed by atoms with Gasteiger partial charge in [0.2, 0.25) is 5.91 Å². The van der Waals surface area contributed by atoms with E-state index < -0.39 is 12.1 Å². The van der Waals surface area contributed by atoms with Gasteiger partial charge in [-0.1, -0.05) is 469 Å². The summed E-state index contributed by atoms with van der Waals surface area (Å²) >= 11 is 0. The molecule has 0 fully saturated rings. The van der Waals surface area contributed by atoms with Gasteiger partial charge in [-0.3, -0.25) is 9.59 Å². The molecule has 0 saturated carbocycles. The molecule has 0 aliphatic heterocycles. The summed E-state index contributed by atoms with van der Waals surface area (Å²) < 4.78 is 5.52. The maximum atomic E-state index is 12.6. The summed E-state index contributed by atoms with van der Waals surface area (Å²) in [5.74, 6) is 0.0000174. The van der Waals surface area contributed by atoms with Gasteiger partial charge >= 0.3 is 5.97 Å². The Bertz CT molecular complexity index is 1450. The SMILES string of the molecule is CCCCCCCCC/C=C\CCCCCCCCCC(=O)OCCCCCCCCCCCCCCCCCCCCCCCCCCCCCCCCCCCCCCCCCC(=O)NC(CO)C(O)CCCCCCCCCCCCCCCCCCCCCCC. The standard InChI is InChI=1S/C89H175NO5/c1-3-5-7-9-11-13-15-17-19-21-23-43-46-49-53-57-61-65-69-73-77-81-87(92)86(85-91)90-88(93)82-78-74-70-66-62-58-54-50-47-44-41-39-37-35-33-31-29-27-25-24-26-28-30-32-34-36-38-40-42-45-48-52-56-60-64-68-72-76-80-84-95-89(94)83-79-75-71-67-63-59-55-51-22-20-18-16-14-12-10-8-6-4-2/h20,22,86-87,91-92H,3-19,21,23-85H2,1-2H3,(H,90,93)/b22-20-. The lowest BCUT2D eigenvalue weighted by Gasteiger charge is -2.22. The van der Waals surface area contributed by atoms with E-state index in [0.29, 0.717) is 25.9 Å². The third kappa shape index (κ3) is 81.5. The van der Waals surface area contributed by atoms with Gasteiger partial charge in [-0.05, 0) is 51.4 Å². The van der Waals surface area contributed by atoms with Crippen LogP contribution in [0.3, 0.4) is 0 Å². The minimum atomic E-state index is -0.661. The molecule has 0 aromatic rings. The highest BCUT2D eigenvalue weighted by atomic mass is 16.5. The Morgan fingerprint density at radius 1 is 0.284 bits per heavy atom. The summed E-state index contributed by atoms with van der Waals surface area (Å²) in [6.07, 6.45) is 109. The van der Waals surface area contributed by atoms with Crippen molar-refractivity contribution in [3.8, 4) is 0 Å². The van der Waals surface area contributed by atoms with E-state index in [0.717, 1.165) is 38.5 Å². The van der Waals surface area contributed by atoms with Crippen molar-refractivity contribution in [1.82, 2.24) is 5.32 Å². The number of carbonyl (C=O) groups is 2. The average molecular weight is 1340 g/mol. The molecule has 2 atom stereocenters. The largest absolute Gasteiger partial charge is 0.466 e. The molecule has 0 heterocycles. The summed E-state index contributed by atoms with van der Waals surface area (Å²) in [4.78, 5) is 24.7. The summed E-state index contributed by atoms with van der Waals surface area (Å²) in [5.41, 5.74) is 0. The van der Waals surface area contributed by atoms with Gasteiger partial charge in [-0.2, -0.15) is 0 Å². The second kappa shape index (κ2) is 85.0. The number of rotatable bonds is 85. The predicted molar refractivity (Wildman–Crippen MR) is 421 cm³/mol. The number of hydrogen-bond acceptors (Lipinski definition) is 5. The molecule has 0 spiro atoms. The van der Waals surface area contributed by atoms with Crippen LogP contribution in [0, 0.1) is 0 Å². The van der Waals surface area contributed by atoms with Crippen LogP contribution in [0.1, 0.15) is 521 Å². The molecule has 0 aliphatic rings. The van der Waals surface area contributed by atoms with Crippen LogP contribution >= 0.6 is 0 Å². The number of carbonyl (C=O) groups excluding carboxylic acids is 2. The highest BCUT2D eigenvalue weighted by Gasteiger charge is 2.20. The number of ether oxygens (including phenoxy) is 1. The van der Waals surface area contributed by atoms with Crippen molar-refractivity contribution in [2.45, 2.75) is 533 Å². The molecule has 95 heavy (non-hydrogen) atoms. The molecule has 0 saturated heterocycles. The quantitative estimate of drug-likeness (QED) is 0.0320. The van der Waals surface area contributed by atoms with Crippen LogP contribution in [-0.4, -0.2) is 47.4 Å². The number of hydrogen-bond donors (Lipinski definition) is 3. The molecule has 0 rings (SSSR count). The number of nitrogens with one attached hydrogen (secondary N) is 1. The summed E-state index contributed by atoms with van der Waals surface area (Å²) in [6.45, 7) is 5.02. The zero-order valence-electron chi connectivity index (χ0n) is 65.2. The molecular formula is C89H175NO5. The lowest BCUT2D eigenvalue weighted by atomic mass is 10.0. The fourth-order valence-electron chi connectivity index (χ4n) is 14.6. The van der Waals surface area contributed by atoms with Crippen molar-refractivity contribution < 1.29 is 24.5 Å². The first-order valence-corrected chi connectivity index (χ1v) is 44.4. The Labute approximate surface area is 597 Å². The lowest BCUT2D eigenvalue weighted by Crippen LogP contribution is -2.45. The monoisotopic (exact) mass is 1340 g/mol. The van der Waals surface area contributed by atoms with Crippen LogP contribution in [0.5, 0.6) is 0 Å².